The van der Waals surface area contributed by atoms with Crippen LogP contribution in [-0.2, 0) is 34.9 Å². The van der Waals surface area contributed by atoms with Crippen LogP contribution in [0, 0.1) is 0 Å². The van der Waals surface area contributed by atoms with Crippen molar-refractivity contribution in [1.29, 1.82) is 0 Å². The lowest BCUT2D eigenvalue weighted by Crippen LogP contribution is -2.33. The Labute approximate surface area is 257 Å². The molecule has 2 aliphatic heterocycles. The third-order valence-electron chi connectivity index (χ3n) is 6.83. The van der Waals surface area contributed by atoms with Crippen molar-refractivity contribution >= 4 is 66.5 Å². The van der Waals surface area contributed by atoms with E-state index in [4.69, 9.17) is 40.6 Å². The van der Waals surface area contributed by atoms with Gasteiger partial charge in [0, 0.05) is 6.20 Å². The first-order valence-electron chi connectivity index (χ1n) is 12.5. The first kappa shape index (κ1) is 32.8. The zero-order valence-corrected chi connectivity index (χ0v) is 25.5. The summed E-state index contributed by atoms with van der Waals surface area (Å²) < 4.78 is 63.7. The van der Waals surface area contributed by atoms with Crippen LogP contribution in [0.2, 0.25) is 0 Å². The highest BCUT2D eigenvalue weighted by Gasteiger charge is 2.50. The van der Waals surface area contributed by atoms with Crippen LogP contribution in [0.5, 0.6) is 0 Å². The van der Waals surface area contributed by atoms with Crippen molar-refractivity contribution in [3.8, 4) is 0 Å². The lowest BCUT2D eigenvalue weighted by Gasteiger charge is -2.26. The molecule has 1 unspecified atom stereocenters. The highest BCUT2D eigenvalue weighted by atomic mass is 32.7. The lowest BCUT2D eigenvalue weighted by atomic mass is 10.1. The number of pyridine rings is 1. The van der Waals surface area contributed by atoms with Gasteiger partial charge in [-0.15, -0.1) is 0 Å². The molecule has 0 radical (unpaired) electrons. The number of rotatable bonds is 8. The fourth-order valence-electron chi connectivity index (χ4n) is 4.83. The van der Waals surface area contributed by atoms with Gasteiger partial charge < -0.3 is 44.4 Å². The number of aliphatic hydroxyl groups excluding tert-OH is 2. The molecule has 238 valence electrons. The molecule has 0 spiro atoms. The van der Waals surface area contributed by atoms with E-state index in [0.29, 0.717) is 0 Å². The first-order chi connectivity index (χ1) is 21.0. The molecule has 44 heavy (non-hydrogen) atoms. The minimum atomic E-state index is -4.29. The standard InChI is InChI=1S/C21H23F2N8O8PS.HOPS/c22-11-9(3-32)37-21(30-6-28-13-8(30)1-2-25-19(13)34)16(11)39-40(35,41)36-4-10-15(33)12(23)20(38-10)31-7-29-14-17(24)26-5-27-18(14)31;1-2-3/h1-2,5-7,9-12,15-16,20-21,32-33H,3-4H2,(H,25,34)(H,35,41)(H2,24,26,27);(H,1,3)/t9-,10-,11+,12+,15-,16-,20-,21-,40?;/m1./s1. The number of H-pyrrole nitrogens is 1. The number of thiol groups is 1. The molecule has 0 aromatic carbocycles. The van der Waals surface area contributed by atoms with Crippen LogP contribution in [0.3, 0.4) is 0 Å². The number of hydrogen-bond donors (Lipinski definition) is 6. The van der Waals surface area contributed by atoms with Crippen LogP contribution in [-0.4, -0.2) is 99.1 Å². The largest absolute Gasteiger partial charge is 0.394 e. The summed E-state index contributed by atoms with van der Waals surface area (Å²) in [5, 5.41) is 20.1. The van der Waals surface area contributed by atoms with Gasteiger partial charge in [-0.25, -0.2) is 28.7 Å². The van der Waals surface area contributed by atoms with E-state index in [0.717, 1.165) is 0 Å². The number of ether oxygens (including phenoxy) is 2. The molecule has 2 aliphatic rings. The minimum Gasteiger partial charge on any atom is -0.394 e. The zero-order chi connectivity index (χ0) is 31.8. The number of anilines is 1. The molecule has 6 N–H and O–H groups in total. The van der Waals surface area contributed by atoms with Crippen molar-refractivity contribution in [1.82, 2.24) is 34.1 Å². The number of alkyl halides is 2. The zero-order valence-electron chi connectivity index (χ0n) is 22.0. The molecule has 6 heterocycles. The van der Waals surface area contributed by atoms with E-state index in [1.807, 2.05) is 0 Å². The van der Waals surface area contributed by atoms with Gasteiger partial charge in [-0.3, -0.25) is 18.5 Å². The molecule has 4 aromatic rings. The summed E-state index contributed by atoms with van der Waals surface area (Å²) in [7, 11) is -0.139. The fourth-order valence-corrected chi connectivity index (χ4v) is 6.23. The smallest absolute Gasteiger partial charge is 0.325 e. The van der Waals surface area contributed by atoms with E-state index >= 15 is 8.78 Å². The Bertz CT molecular complexity index is 1750. The molecule has 0 bridgehead atoms. The Morgan fingerprint density at radius 1 is 1.14 bits per heavy atom. The maximum Gasteiger partial charge on any atom is 0.325 e. The summed E-state index contributed by atoms with van der Waals surface area (Å²) in [6, 6.07) is 1.50. The maximum atomic E-state index is 15.3. The summed E-state index contributed by atoms with van der Waals surface area (Å²) in [6.45, 7) is -5.64. The molecule has 2 fully saturated rings. The van der Waals surface area contributed by atoms with Gasteiger partial charge in [-0.05, 0) is 17.9 Å². The average molecular weight is 697 g/mol. The van der Waals surface area contributed by atoms with E-state index in [-0.39, 0.29) is 35.7 Å². The number of fused-ring (bicyclic) bond motifs is 2. The molecule has 0 aliphatic carbocycles. The number of nitrogen functional groups attached to an aromatic ring is 1. The quantitative estimate of drug-likeness (QED) is 0.110. The van der Waals surface area contributed by atoms with E-state index in [1.54, 1.807) is 0 Å². The van der Waals surface area contributed by atoms with Crippen LogP contribution in [0.4, 0.5) is 14.6 Å². The molecular weight excluding hydrogens is 672 g/mol. The second kappa shape index (κ2) is 13.4. The van der Waals surface area contributed by atoms with E-state index < -0.39 is 74.7 Å². The van der Waals surface area contributed by atoms with Crippen molar-refractivity contribution < 1.29 is 47.0 Å². The number of halogens is 2. The van der Waals surface area contributed by atoms with Crippen LogP contribution >= 0.6 is 26.6 Å². The summed E-state index contributed by atoms with van der Waals surface area (Å²) in [5.74, 6) is 0.0694. The van der Waals surface area contributed by atoms with E-state index in [9.17, 15) is 19.9 Å². The Morgan fingerprint density at radius 2 is 1.82 bits per heavy atom. The summed E-state index contributed by atoms with van der Waals surface area (Å²) in [4.78, 5) is 41.3. The number of nitrogens with zero attached hydrogens (tertiary/aromatic N) is 6. The highest BCUT2D eigenvalue weighted by molar-refractivity contribution is 8.33. The normalized spacial score (nSPS) is 30.0. The second-order valence-corrected chi connectivity index (χ2v) is 12.8. The van der Waals surface area contributed by atoms with Gasteiger partial charge in [0.25, 0.3) is 5.56 Å². The van der Waals surface area contributed by atoms with E-state index in [2.05, 4.69) is 37.2 Å². The first-order valence-corrected chi connectivity index (χ1v) is 17.0. The highest BCUT2D eigenvalue weighted by Crippen LogP contribution is 2.51. The number of aromatic nitrogens is 7. The average Bonchev–Trinajstić information content (AvgIpc) is 3.75. The van der Waals surface area contributed by atoms with Gasteiger partial charge in [0.05, 0.1) is 31.4 Å². The number of nitrogens with two attached hydrogens (primary N) is 1. The number of hydrogen-bond acceptors (Lipinski definition) is 14. The van der Waals surface area contributed by atoms with Crippen molar-refractivity contribution in [3.63, 3.8) is 0 Å². The van der Waals surface area contributed by atoms with Crippen molar-refractivity contribution in [3.05, 3.63) is 41.6 Å². The molecule has 0 saturated carbocycles. The Morgan fingerprint density at radius 3 is 2.55 bits per heavy atom. The summed E-state index contributed by atoms with van der Waals surface area (Å²) >= 11 is 8.28. The topological polar surface area (TPSA) is 235 Å². The third kappa shape index (κ3) is 6.27. The molecule has 4 aromatic heterocycles. The predicted molar refractivity (Wildman–Crippen MR) is 155 cm³/mol. The third-order valence-corrected chi connectivity index (χ3v) is 8.39. The molecule has 0 amide bonds. The fraction of sp³-hybridized carbons (Fsp3) is 0.476. The Balaban J connectivity index is 0.00000123. The molecule has 6 rings (SSSR count). The number of aromatic amines is 1. The van der Waals surface area contributed by atoms with Gasteiger partial charge in [0.1, 0.15) is 36.3 Å². The molecule has 23 heteroatoms. The van der Waals surface area contributed by atoms with Crippen molar-refractivity contribution in [2.45, 2.75) is 49.2 Å². The summed E-state index contributed by atoms with van der Waals surface area (Å²) in [6.07, 6.45) is -7.62. The van der Waals surface area contributed by atoms with Crippen LogP contribution < -0.4 is 11.3 Å². The molecule has 2 saturated heterocycles. The van der Waals surface area contributed by atoms with Gasteiger partial charge in [0.2, 0.25) is 7.66 Å². The van der Waals surface area contributed by atoms with Crippen molar-refractivity contribution in [2.75, 3.05) is 18.9 Å². The molecular formula is C21H24F2N8O9P2S2. The minimum absolute atomic E-state index is 0.0416. The SMILES string of the molecule is Nc1ncnc2c1ncn2[C@@H]1O[C@H](COP(O)(=S)O[C@@H]2[C@@H](F)[C@@H](CO)O[C@H]2n2cnc3c(=O)[nH]ccc32)[C@@H](O)[C@@H]1F.O=PS. The Kier molecular flexibility index (Phi) is 10.0. The number of nitrogens with one attached hydrogen (secondary N) is 1. The second-order valence-electron chi connectivity index (χ2n) is 9.38. The summed E-state index contributed by atoms with van der Waals surface area (Å²) in [5.41, 5.74) is 5.97. The Hall–Kier alpha value is -2.55. The van der Waals surface area contributed by atoms with Gasteiger partial charge in [0.15, 0.2) is 41.8 Å². The van der Waals surface area contributed by atoms with Gasteiger partial charge in [-0.2, -0.15) is 0 Å². The van der Waals surface area contributed by atoms with E-state index in [1.165, 1.54) is 40.4 Å². The monoisotopic (exact) mass is 696 g/mol. The number of aliphatic hydroxyl groups is 2. The van der Waals surface area contributed by atoms with Crippen molar-refractivity contribution in [2.24, 2.45) is 0 Å². The van der Waals surface area contributed by atoms with Crippen LogP contribution in [0.25, 0.3) is 22.2 Å². The lowest BCUT2D eigenvalue weighted by molar-refractivity contribution is -0.0551. The van der Waals surface area contributed by atoms with Gasteiger partial charge in [-0.1, -0.05) is 12.2 Å². The van der Waals surface area contributed by atoms with Gasteiger partial charge >= 0.3 is 6.72 Å². The number of imidazole rings is 2. The molecule has 17 nitrogen and oxygen atoms in total. The molecule has 9 atom stereocenters. The van der Waals surface area contributed by atoms with Crippen LogP contribution in [0.1, 0.15) is 12.5 Å². The predicted octanol–water partition coefficient (Wildman–Crippen LogP) is 0.712. The maximum absolute atomic E-state index is 15.3. The van der Waals surface area contributed by atoms with Crippen LogP contribution in [0.15, 0.2) is 36.0 Å².